The predicted molar refractivity (Wildman–Crippen MR) is 71.1 cm³/mol. The van der Waals surface area contributed by atoms with E-state index in [9.17, 15) is 8.42 Å². The lowest BCUT2D eigenvalue weighted by molar-refractivity contribution is 0.282. The molecule has 18 heavy (non-hydrogen) atoms. The van der Waals surface area contributed by atoms with Crippen LogP contribution in [0.15, 0.2) is 21.7 Å². The van der Waals surface area contributed by atoms with Crippen LogP contribution in [0.5, 0.6) is 0 Å². The average Bonchev–Trinajstić information content (AvgIpc) is 2.95. The maximum atomic E-state index is 12.0. The molecule has 2 aromatic rings. The van der Waals surface area contributed by atoms with Crippen LogP contribution >= 0.6 is 22.7 Å². The molecule has 0 saturated heterocycles. The van der Waals surface area contributed by atoms with Crippen LogP contribution in [0.2, 0.25) is 0 Å². The van der Waals surface area contributed by atoms with Crippen LogP contribution in [0.1, 0.15) is 15.6 Å². The number of aliphatic hydroxyl groups excluding tert-OH is 1. The molecule has 0 aliphatic carbocycles. The Hall–Kier alpha value is -0.800. The Morgan fingerprint density at radius 3 is 2.83 bits per heavy atom. The average molecular weight is 304 g/mol. The van der Waals surface area contributed by atoms with E-state index in [1.165, 1.54) is 28.7 Å². The first-order chi connectivity index (χ1) is 8.53. The number of nitrogens with zero attached hydrogens (tertiary/aromatic N) is 1. The molecule has 98 valence electrons. The molecule has 0 aromatic carbocycles. The standard InChI is InChI=1S/C10H12N2O3S3/c1-7-6-17-10(12-7)4-11-18(14,15)9-2-3-16-8(9)5-13/h2-3,6,11,13H,4-5H2,1H3. The molecule has 2 N–H and O–H groups in total. The first-order valence-electron chi connectivity index (χ1n) is 5.11. The minimum Gasteiger partial charge on any atom is -0.391 e. The summed E-state index contributed by atoms with van der Waals surface area (Å²) in [5.41, 5.74) is 0.876. The van der Waals surface area contributed by atoms with Crippen LogP contribution < -0.4 is 4.72 Å². The topological polar surface area (TPSA) is 79.3 Å². The maximum Gasteiger partial charge on any atom is 0.242 e. The molecule has 0 saturated carbocycles. The van der Waals surface area contributed by atoms with Crippen molar-refractivity contribution in [1.82, 2.24) is 9.71 Å². The number of thiazole rings is 1. The number of sulfonamides is 1. The van der Waals surface area contributed by atoms with Gasteiger partial charge in [0.05, 0.1) is 18.0 Å². The molecule has 0 aliphatic rings. The fraction of sp³-hybridized carbons (Fsp3) is 0.300. The van der Waals surface area contributed by atoms with Gasteiger partial charge in [0.2, 0.25) is 10.0 Å². The molecule has 2 rings (SSSR count). The smallest absolute Gasteiger partial charge is 0.242 e. The van der Waals surface area contributed by atoms with E-state index in [0.717, 1.165) is 10.7 Å². The van der Waals surface area contributed by atoms with Crippen molar-refractivity contribution in [2.45, 2.75) is 25.0 Å². The third kappa shape index (κ3) is 2.96. The second kappa shape index (κ2) is 5.45. The summed E-state index contributed by atoms with van der Waals surface area (Å²) in [4.78, 5) is 4.77. The van der Waals surface area contributed by atoms with Crippen molar-refractivity contribution >= 4 is 32.7 Å². The lowest BCUT2D eigenvalue weighted by atomic mass is 10.5. The van der Waals surface area contributed by atoms with E-state index in [0.29, 0.717) is 4.88 Å². The molecule has 0 amide bonds. The summed E-state index contributed by atoms with van der Waals surface area (Å²) < 4.78 is 26.5. The Labute approximate surface area is 113 Å². The Balaban J connectivity index is 2.13. The molecule has 5 nitrogen and oxygen atoms in total. The van der Waals surface area contributed by atoms with Crippen molar-refractivity contribution in [1.29, 1.82) is 0 Å². The SMILES string of the molecule is Cc1csc(CNS(=O)(=O)c2ccsc2CO)n1. The van der Waals surface area contributed by atoms with Gasteiger partial charge in [0, 0.05) is 16.0 Å². The van der Waals surface area contributed by atoms with Crippen molar-refractivity contribution in [2.24, 2.45) is 0 Å². The fourth-order valence-electron chi connectivity index (χ4n) is 1.40. The van der Waals surface area contributed by atoms with E-state index in [2.05, 4.69) is 9.71 Å². The maximum absolute atomic E-state index is 12.0. The third-order valence-corrected chi connectivity index (χ3v) is 5.71. The van der Waals surface area contributed by atoms with Crippen molar-refractivity contribution in [3.05, 3.63) is 32.4 Å². The fourth-order valence-corrected chi connectivity index (χ4v) is 4.49. The number of aromatic nitrogens is 1. The van der Waals surface area contributed by atoms with Crippen LogP contribution in [0.4, 0.5) is 0 Å². The molecular weight excluding hydrogens is 292 g/mol. The second-order valence-electron chi connectivity index (χ2n) is 3.57. The number of hydrogen-bond acceptors (Lipinski definition) is 6. The highest BCUT2D eigenvalue weighted by Gasteiger charge is 2.19. The van der Waals surface area contributed by atoms with Crippen LogP contribution in [-0.4, -0.2) is 18.5 Å². The molecule has 0 unspecified atom stereocenters. The number of rotatable bonds is 5. The molecule has 0 bridgehead atoms. The van der Waals surface area contributed by atoms with Gasteiger partial charge in [-0.1, -0.05) is 0 Å². The number of aryl methyl sites for hydroxylation is 1. The highest BCUT2D eigenvalue weighted by Crippen LogP contribution is 2.22. The van der Waals surface area contributed by atoms with Crippen LogP contribution in [-0.2, 0) is 23.2 Å². The lowest BCUT2D eigenvalue weighted by Gasteiger charge is -2.04. The Bertz CT molecular complexity index is 630. The van der Waals surface area contributed by atoms with Gasteiger partial charge < -0.3 is 5.11 Å². The Morgan fingerprint density at radius 1 is 1.44 bits per heavy atom. The van der Waals surface area contributed by atoms with Gasteiger partial charge in [-0.05, 0) is 18.4 Å². The van der Waals surface area contributed by atoms with Gasteiger partial charge in [0.1, 0.15) is 5.01 Å². The highest BCUT2D eigenvalue weighted by molar-refractivity contribution is 7.89. The number of nitrogens with one attached hydrogen (secondary N) is 1. The second-order valence-corrected chi connectivity index (χ2v) is 7.25. The van der Waals surface area contributed by atoms with Gasteiger partial charge in [0.15, 0.2) is 0 Å². The Kier molecular flexibility index (Phi) is 4.13. The molecule has 2 aromatic heterocycles. The lowest BCUT2D eigenvalue weighted by Crippen LogP contribution is -2.23. The van der Waals surface area contributed by atoms with Gasteiger partial charge in [-0.25, -0.2) is 18.1 Å². The third-order valence-electron chi connectivity index (χ3n) is 2.22. The molecule has 2 heterocycles. The van der Waals surface area contributed by atoms with Crippen molar-refractivity contribution < 1.29 is 13.5 Å². The summed E-state index contributed by atoms with van der Waals surface area (Å²) in [6.45, 7) is 1.75. The van der Waals surface area contributed by atoms with E-state index < -0.39 is 10.0 Å². The zero-order chi connectivity index (χ0) is 13.2. The molecule has 8 heteroatoms. The number of aliphatic hydroxyl groups is 1. The quantitative estimate of drug-likeness (QED) is 0.877. The number of hydrogen-bond donors (Lipinski definition) is 2. The molecule has 0 aliphatic heterocycles. The first kappa shape index (κ1) is 13.6. The predicted octanol–water partition coefficient (Wildman–Crippen LogP) is 1.48. The summed E-state index contributed by atoms with van der Waals surface area (Å²) in [5.74, 6) is 0. The van der Waals surface area contributed by atoms with E-state index in [-0.39, 0.29) is 18.0 Å². The Morgan fingerprint density at radius 2 is 2.22 bits per heavy atom. The largest absolute Gasteiger partial charge is 0.391 e. The molecule has 0 fully saturated rings. The van der Waals surface area contributed by atoms with Gasteiger partial charge in [-0.3, -0.25) is 0 Å². The summed E-state index contributed by atoms with van der Waals surface area (Å²) in [6.07, 6.45) is 0. The molecular formula is C10H12N2O3S3. The van der Waals surface area contributed by atoms with Crippen LogP contribution in [0, 0.1) is 6.92 Å². The number of thiophene rings is 1. The summed E-state index contributed by atoms with van der Waals surface area (Å²) in [7, 11) is -3.58. The molecule has 0 radical (unpaired) electrons. The minimum atomic E-state index is -3.58. The van der Waals surface area contributed by atoms with Gasteiger partial charge in [0.25, 0.3) is 0 Å². The zero-order valence-electron chi connectivity index (χ0n) is 9.58. The summed E-state index contributed by atoms with van der Waals surface area (Å²) in [5, 5.41) is 13.3. The van der Waals surface area contributed by atoms with Crippen molar-refractivity contribution in [3.8, 4) is 0 Å². The van der Waals surface area contributed by atoms with E-state index in [1.807, 2.05) is 12.3 Å². The van der Waals surface area contributed by atoms with Gasteiger partial charge >= 0.3 is 0 Å². The zero-order valence-corrected chi connectivity index (χ0v) is 12.0. The van der Waals surface area contributed by atoms with E-state index in [4.69, 9.17) is 5.11 Å². The van der Waals surface area contributed by atoms with Gasteiger partial charge in [-0.15, -0.1) is 22.7 Å². The minimum absolute atomic E-state index is 0.142. The monoisotopic (exact) mass is 304 g/mol. The highest BCUT2D eigenvalue weighted by atomic mass is 32.2. The normalized spacial score (nSPS) is 11.9. The van der Waals surface area contributed by atoms with Crippen LogP contribution in [0.25, 0.3) is 0 Å². The first-order valence-corrected chi connectivity index (χ1v) is 8.35. The van der Waals surface area contributed by atoms with E-state index in [1.54, 1.807) is 5.38 Å². The summed E-state index contributed by atoms with van der Waals surface area (Å²) >= 11 is 2.63. The van der Waals surface area contributed by atoms with Crippen molar-refractivity contribution in [3.63, 3.8) is 0 Å². The molecule has 0 spiro atoms. The van der Waals surface area contributed by atoms with Crippen LogP contribution in [0.3, 0.4) is 0 Å². The molecule has 0 atom stereocenters. The van der Waals surface area contributed by atoms with E-state index >= 15 is 0 Å². The summed E-state index contributed by atoms with van der Waals surface area (Å²) in [6, 6.07) is 1.49. The van der Waals surface area contributed by atoms with Crippen molar-refractivity contribution in [2.75, 3.05) is 0 Å². The van der Waals surface area contributed by atoms with Gasteiger partial charge in [-0.2, -0.15) is 0 Å².